The van der Waals surface area contributed by atoms with Crippen LogP contribution in [0.15, 0.2) is 0 Å². The fourth-order valence-corrected chi connectivity index (χ4v) is 1.84. The number of carboxylic acids is 1. The molecule has 0 heterocycles. The zero-order valence-electron chi connectivity index (χ0n) is 13.8. The van der Waals surface area contributed by atoms with Crippen LogP contribution < -0.4 is 5.32 Å². The second-order valence-electron chi connectivity index (χ2n) is 5.24. The molecule has 0 atom stereocenters. The highest BCUT2D eigenvalue weighted by atomic mass is 16.5. The van der Waals surface area contributed by atoms with Gasteiger partial charge in [-0.2, -0.15) is 0 Å². The van der Waals surface area contributed by atoms with Crippen LogP contribution in [0.25, 0.3) is 0 Å². The number of rotatable bonds is 16. The number of ether oxygens (including phenoxy) is 2. The maximum atomic E-state index is 11.2. The molecule has 0 rings (SSSR count). The van der Waals surface area contributed by atoms with E-state index in [1.54, 1.807) is 0 Å². The zero-order valence-corrected chi connectivity index (χ0v) is 13.8. The molecule has 0 fully saturated rings. The SMILES string of the molecule is CCCCCCCOCCOCCCNC(=O)CCC(=O)O. The van der Waals surface area contributed by atoms with Crippen LogP contribution in [0.4, 0.5) is 0 Å². The summed E-state index contributed by atoms with van der Waals surface area (Å²) in [7, 11) is 0. The van der Waals surface area contributed by atoms with Crippen molar-refractivity contribution in [3.8, 4) is 0 Å². The van der Waals surface area contributed by atoms with Crippen LogP contribution >= 0.6 is 0 Å². The summed E-state index contributed by atoms with van der Waals surface area (Å²) in [6, 6.07) is 0. The Labute approximate surface area is 133 Å². The summed E-state index contributed by atoms with van der Waals surface area (Å²) in [6.07, 6.45) is 6.81. The molecule has 0 bridgehead atoms. The van der Waals surface area contributed by atoms with E-state index < -0.39 is 5.97 Å². The third-order valence-corrected chi connectivity index (χ3v) is 3.12. The third kappa shape index (κ3) is 16.9. The van der Waals surface area contributed by atoms with E-state index in [1.807, 2.05) is 0 Å². The standard InChI is InChI=1S/C16H31NO5/c1-2-3-4-5-6-11-21-13-14-22-12-7-10-17-15(18)8-9-16(19)20/h2-14H2,1H3,(H,17,18)(H,19,20). The topological polar surface area (TPSA) is 84.9 Å². The van der Waals surface area contributed by atoms with E-state index in [9.17, 15) is 9.59 Å². The first-order valence-electron chi connectivity index (χ1n) is 8.30. The van der Waals surface area contributed by atoms with Crippen molar-refractivity contribution in [2.24, 2.45) is 0 Å². The quantitative estimate of drug-likeness (QED) is 0.427. The van der Waals surface area contributed by atoms with Gasteiger partial charge >= 0.3 is 5.97 Å². The summed E-state index contributed by atoms with van der Waals surface area (Å²) >= 11 is 0. The lowest BCUT2D eigenvalue weighted by atomic mass is 10.2. The van der Waals surface area contributed by atoms with E-state index in [4.69, 9.17) is 14.6 Å². The summed E-state index contributed by atoms with van der Waals surface area (Å²) in [5.74, 6) is -1.18. The first-order chi connectivity index (χ1) is 10.7. The van der Waals surface area contributed by atoms with Crippen LogP contribution in [-0.2, 0) is 19.1 Å². The smallest absolute Gasteiger partial charge is 0.303 e. The number of unbranched alkanes of at least 4 members (excludes halogenated alkanes) is 4. The highest BCUT2D eigenvalue weighted by Gasteiger charge is 2.03. The van der Waals surface area contributed by atoms with E-state index in [-0.39, 0.29) is 18.7 Å². The largest absolute Gasteiger partial charge is 0.481 e. The number of hydrogen-bond acceptors (Lipinski definition) is 4. The van der Waals surface area contributed by atoms with Crippen molar-refractivity contribution >= 4 is 11.9 Å². The molecule has 130 valence electrons. The van der Waals surface area contributed by atoms with Crippen LogP contribution in [0.3, 0.4) is 0 Å². The van der Waals surface area contributed by atoms with Gasteiger partial charge in [0.25, 0.3) is 0 Å². The van der Waals surface area contributed by atoms with Gasteiger partial charge in [-0.1, -0.05) is 32.6 Å². The summed E-state index contributed by atoms with van der Waals surface area (Å²) in [4.78, 5) is 21.5. The Morgan fingerprint density at radius 2 is 1.50 bits per heavy atom. The number of carbonyl (C=O) groups is 2. The van der Waals surface area contributed by atoms with Gasteiger partial charge in [-0.15, -0.1) is 0 Å². The van der Waals surface area contributed by atoms with Crippen LogP contribution in [-0.4, -0.2) is 50.0 Å². The number of amides is 1. The number of aliphatic carboxylic acids is 1. The number of carboxylic acid groups (broad SMARTS) is 1. The van der Waals surface area contributed by atoms with Gasteiger partial charge in [0.05, 0.1) is 19.6 Å². The lowest BCUT2D eigenvalue weighted by molar-refractivity contribution is -0.138. The van der Waals surface area contributed by atoms with Crippen molar-refractivity contribution in [1.29, 1.82) is 0 Å². The van der Waals surface area contributed by atoms with E-state index in [1.165, 1.54) is 25.7 Å². The van der Waals surface area contributed by atoms with Gasteiger partial charge in [0.1, 0.15) is 0 Å². The van der Waals surface area contributed by atoms with Crippen LogP contribution in [0.1, 0.15) is 58.3 Å². The van der Waals surface area contributed by atoms with Gasteiger partial charge in [-0.05, 0) is 12.8 Å². The van der Waals surface area contributed by atoms with E-state index in [0.717, 1.165) is 19.4 Å². The molecule has 0 aliphatic heterocycles. The molecule has 22 heavy (non-hydrogen) atoms. The molecule has 0 aromatic rings. The van der Waals surface area contributed by atoms with Crippen molar-refractivity contribution < 1.29 is 24.2 Å². The zero-order chi connectivity index (χ0) is 16.5. The molecule has 0 aromatic heterocycles. The molecular weight excluding hydrogens is 286 g/mol. The fraction of sp³-hybridized carbons (Fsp3) is 0.875. The molecule has 0 saturated carbocycles. The van der Waals surface area contributed by atoms with Crippen molar-refractivity contribution in [3.05, 3.63) is 0 Å². The predicted molar refractivity (Wildman–Crippen MR) is 84.9 cm³/mol. The lowest BCUT2D eigenvalue weighted by Gasteiger charge is -2.07. The van der Waals surface area contributed by atoms with Gasteiger partial charge in [-0.3, -0.25) is 9.59 Å². The molecule has 0 spiro atoms. The third-order valence-electron chi connectivity index (χ3n) is 3.12. The Balaban J connectivity index is 3.11. The molecule has 0 unspecified atom stereocenters. The molecule has 6 heteroatoms. The van der Waals surface area contributed by atoms with Gasteiger partial charge in [0, 0.05) is 26.2 Å². The average molecular weight is 317 g/mol. The average Bonchev–Trinajstić information content (AvgIpc) is 2.49. The minimum atomic E-state index is -0.955. The minimum absolute atomic E-state index is 0.0300. The molecule has 1 amide bonds. The van der Waals surface area contributed by atoms with Gasteiger partial charge in [0.2, 0.25) is 5.91 Å². The minimum Gasteiger partial charge on any atom is -0.481 e. The first-order valence-corrected chi connectivity index (χ1v) is 8.30. The molecule has 0 saturated heterocycles. The van der Waals surface area contributed by atoms with E-state index in [2.05, 4.69) is 12.2 Å². The van der Waals surface area contributed by atoms with Crippen LogP contribution in [0.5, 0.6) is 0 Å². The molecule has 0 aliphatic carbocycles. The number of hydrogen-bond donors (Lipinski definition) is 2. The summed E-state index contributed by atoms with van der Waals surface area (Å²) in [6.45, 7) is 5.26. The molecule has 0 aliphatic rings. The molecule has 6 nitrogen and oxygen atoms in total. The molecule has 2 N–H and O–H groups in total. The Kier molecular flexibility index (Phi) is 15.4. The Hall–Kier alpha value is -1.14. The Morgan fingerprint density at radius 1 is 0.864 bits per heavy atom. The monoisotopic (exact) mass is 317 g/mol. The highest BCUT2D eigenvalue weighted by molar-refractivity contribution is 5.80. The van der Waals surface area contributed by atoms with Crippen molar-refractivity contribution in [3.63, 3.8) is 0 Å². The number of carbonyl (C=O) groups excluding carboxylic acids is 1. The number of nitrogens with one attached hydrogen (secondary N) is 1. The molecule has 0 radical (unpaired) electrons. The Bertz CT molecular complexity index is 284. The van der Waals surface area contributed by atoms with Crippen molar-refractivity contribution in [2.75, 3.05) is 33.0 Å². The normalized spacial score (nSPS) is 10.6. The van der Waals surface area contributed by atoms with E-state index >= 15 is 0 Å². The van der Waals surface area contributed by atoms with Crippen molar-refractivity contribution in [2.45, 2.75) is 58.3 Å². The maximum absolute atomic E-state index is 11.2. The molecule has 0 aromatic carbocycles. The highest BCUT2D eigenvalue weighted by Crippen LogP contribution is 2.02. The van der Waals surface area contributed by atoms with Gasteiger partial charge < -0.3 is 19.9 Å². The van der Waals surface area contributed by atoms with Crippen LogP contribution in [0.2, 0.25) is 0 Å². The van der Waals surface area contributed by atoms with Crippen molar-refractivity contribution in [1.82, 2.24) is 5.32 Å². The molecular formula is C16H31NO5. The lowest BCUT2D eigenvalue weighted by Crippen LogP contribution is -2.25. The second-order valence-corrected chi connectivity index (χ2v) is 5.24. The van der Waals surface area contributed by atoms with Crippen LogP contribution in [0, 0.1) is 0 Å². The summed E-state index contributed by atoms with van der Waals surface area (Å²) in [5, 5.41) is 11.1. The maximum Gasteiger partial charge on any atom is 0.303 e. The first kappa shape index (κ1) is 20.9. The van der Waals surface area contributed by atoms with E-state index in [0.29, 0.717) is 26.4 Å². The predicted octanol–water partition coefficient (Wildman–Crippen LogP) is 2.36. The fourth-order valence-electron chi connectivity index (χ4n) is 1.84. The Morgan fingerprint density at radius 3 is 2.14 bits per heavy atom. The van der Waals surface area contributed by atoms with Gasteiger partial charge in [0.15, 0.2) is 0 Å². The summed E-state index contributed by atoms with van der Waals surface area (Å²) < 4.78 is 10.9. The second kappa shape index (κ2) is 16.2. The van der Waals surface area contributed by atoms with Gasteiger partial charge in [-0.25, -0.2) is 0 Å². The summed E-state index contributed by atoms with van der Waals surface area (Å²) in [5.41, 5.74) is 0.